The number of rotatable bonds is 9. The summed E-state index contributed by atoms with van der Waals surface area (Å²) in [4.78, 5) is 24.4. The Kier molecular flexibility index (Phi) is 7.36. The molecule has 6 atom stereocenters. The summed E-state index contributed by atoms with van der Waals surface area (Å²) in [6.07, 6.45) is 8.19. The third-order valence-corrected chi connectivity index (χ3v) is 10.4. The van der Waals surface area contributed by atoms with E-state index in [1.807, 2.05) is 59.6 Å². The molecule has 11 heteroatoms. The predicted molar refractivity (Wildman–Crippen MR) is 170 cm³/mol. The number of anilines is 1. The molecule has 5 unspecified atom stereocenters. The lowest BCUT2D eigenvalue weighted by Crippen LogP contribution is -2.71. The van der Waals surface area contributed by atoms with Crippen LogP contribution >= 0.6 is 0 Å². The molecule has 9 rings (SSSR count). The van der Waals surface area contributed by atoms with Gasteiger partial charge in [-0.3, -0.25) is 9.69 Å². The second kappa shape index (κ2) is 11.7. The Hall–Kier alpha value is -4.50. The molecule has 4 aromatic rings. The fraction of sp³-hybridized carbons (Fsp3) is 0.429. The van der Waals surface area contributed by atoms with Crippen molar-refractivity contribution in [2.75, 3.05) is 31.1 Å². The molecular formula is C35H37N7O4. The second-order valence-corrected chi connectivity index (χ2v) is 13.0. The van der Waals surface area contributed by atoms with Crippen LogP contribution in [0.5, 0.6) is 5.75 Å². The van der Waals surface area contributed by atoms with Crippen molar-refractivity contribution < 1.29 is 19.7 Å². The molecule has 2 N–H and O–H groups in total. The number of aliphatic hydroxyl groups excluding tert-OH is 2. The largest absolute Gasteiger partial charge is 0.491 e. The van der Waals surface area contributed by atoms with Gasteiger partial charge in [0.1, 0.15) is 30.3 Å². The van der Waals surface area contributed by atoms with Crippen molar-refractivity contribution in [1.82, 2.24) is 24.4 Å². The number of benzene rings is 1. The van der Waals surface area contributed by atoms with Gasteiger partial charge in [0, 0.05) is 55.5 Å². The lowest BCUT2D eigenvalue weighted by atomic mass is 9.86. The molecule has 3 aromatic heterocycles. The highest BCUT2D eigenvalue weighted by Crippen LogP contribution is 2.38. The number of pyridine rings is 2. The molecule has 5 saturated heterocycles. The zero-order valence-corrected chi connectivity index (χ0v) is 25.5. The lowest BCUT2D eigenvalue weighted by molar-refractivity contribution is -0.155. The van der Waals surface area contributed by atoms with Crippen molar-refractivity contribution in [2.45, 2.75) is 68.5 Å². The smallest absolute Gasteiger partial charge is 0.252 e. The molecule has 1 amide bonds. The molecule has 8 heterocycles. The molecule has 5 fully saturated rings. The topological polar surface area (TPSA) is 130 Å². The first-order valence-corrected chi connectivity index (χ1v) is 16.2. The van der Waals surface area contributed by atoms with Crippen molar-refractivity contribution in [2.24, 2.45) is 0 Å². The first-order chi connectivity index (χ1) is 22.5. The van der Waals surface area contributed by atoms with Gasteiger partial charge in [0.05, 0.1) is 41.7 Å². The fourth-order valence-electron chi connectivity index (χ4n) is 8.15. The number of ether oxygens (including phenoxy) is 1. The van der Waals surface area contributed by atoms with Gasteiger partial charge < -0.3 is 24.7 Å². The summed E-state index contributed by atoms with van der Waals surface area (Å²) in [5.41, 5.74) is 3.78. The van der Waals surface area contributed by atoms with Gasteiger partial charge in [-0.05, 0) is 49.4 Å². The number of fused-ring (bicyclic) bond motifs is 5. The minimum absolute atomic E-state index is 0.0515. The average Bonchev–Trinajstić information content (AvgIpc) is 3.76. The molecule has 11 nitrogen and oxygen atoms in total. The van der Waals surface area contributed by atoms with Crippen molar-refractivity contribution in [3.05, 3.63) is 78.2 Å². The molecule has 0 spiro atoms. The highest BCUT2D eigenvalue weighted by Gasteiger charge is 2.49. The van der Waals surface area contributed by atoms with Gasteiger partial charge in [0.2, 0.25) is 0 Å². The molecule has 0 aliphatic carbocycles. The van der Waals surface area contributed by atoms with E-state index in [1.165, 1.54) is 0 Å². The summed E-state index contributed by atoms with van der Waals surface area (Å²) in [5.74, 6) is 1.29. The van der Waals surface area contributed by atoms with E-state index in [0.29, 0.717) is 49.0 Å². The number of piperazine rings is 1. The highest BCUT2D eigenvalue weighted by atomic mass is 16.5. The van der Waals surface area contributed by atoms with Gasteiger partial charge in [-0.1, -0.05) is 30.3 Å². The van der Waals surface area contributed by atoms with E-state index in [9.17, 15) is 20.3 Å². The molecule has 0 radical (unpaired) electrons. The van der Waals surface area contributed by atoms with Crippen molar-refractivity contribution in [3.8, 4) is 22.9 Å². The Balaban J connectivity index is 0.953. The van der Waals surface area contributed by atoms with Crippen LogP contribution in [-0.4, -0.2) is 103 Å². The van der Waals surface area contributed by atoms with Crippen molar-refractivity contribution in [3.63, 3.8) is 0 Å². The van der Waals surface area contributed by atoms with Crippen LogP contribution in [0.3, 0.4) is 0 Å². The zero-order chi connectivity index (χ0) is 31.4. The zero-order valence-electron chi connectivity index (χ0n) is 25.5. The third kappa shape index (κ3) is 5.07. The number of nitriles is 1. The summed E-state index contributed by atoms with van der Waals surface area (Å²) in [6.45, 7) is 2.58. The van der Waals surface area contributed by atoms with Crippen LogP contribution in [0.2, 0.25) is 0 Å². The number of amides is 1. The van der Waals surface area contributed by atoms with Crippen molar-refractivity contribution >= 4 is 17.2 Å². The Labute approximate surface area is 267 Å². The maximum atomic E-state index is 13.1. The van der Waals surface area contributed by atoms with Crippen LogP contribution in [0.4, 0.5) is 5.82 Å². The minimum Gasteiger partial charge on any atom is -0.491 e. The quantitative estimate of drug-likeness (QED) is 0.290. The Morgan fingerprint density at radius 3 is 2.59 bits per heavy atom. The standard InChI is InChI=1S/C35H37N7O4/c36-16-24-18-38-41-21-28(46-11-10-40-25-7-8-30(40)31(43)14-25)15-29(34(24)41)23-6-9-33(37-17-23)39-19-26-13-27(20-39)42(26)35(45)32(44)12-22-4-2-1-3-5-22/h1-6,9,15,17-18,21,25-27,30-32,43-44H,7-8,10-14,19-20H2/t25?,26?,27?,30?,31?,32-/m0/s1. The van der Waals surface area contributed by atoms with Gasteiger partial charge in [0.25, 0.3) is 5.91 Å². The number of carbonyl (C=O) groups excluding carboxylic acids is 1. The van der Waals surface area contributed by atoms with Crippen LogP contribution in [0.15, 0.2) is 67.1 Å². The Morgan fingerprint density at radius 1 is 1.07 bits per heavy atom. The first-order valence-electron chi connectivity index (χ1n) is 16.2. The minimum atomic E-state index is -1.04. The highest BCUT2D eigenvalue weighted by molar-refractivity contribution is 5.85. The van der Waals surface area contributed by atoms with Crippen LogP contribution < -0.4 is 9.64 Å². The van der Waals surface area contributed by atoms with E-state index in [0.717, 1.165) is 54.7 Å². The summed E-state index contributed by atoms with van der Waals surface area (Å²) >= 11 is 0. The summed E-state index contributed by atoms with van der Waals surface area (Å²) in [7, 11) is 0. The number of aromatic nitrogens is 3. The van der Waals surface area contributed by atoms with Gasteiger partial charge in [-0.15, -0.1) is 0 Å². The molecule has 5 aliphatic rings. The second-order valence-electron chi connectivity index (χ2n) is 13.0. The van der Waals surface area contributed by atoms with E-state index >= 15 is 0 Å². The number of aliphatic hydroxyl groups is 2. The number of nitrogens with zero attached hydrogens (tertiary/aromatic N) is 7. The molecule has 46 heavy (non-hydrogen) atoms. The summed E-state index contributed by atoms with van der Waals surface area (Å²) in [5, 5.41) is 35.2. The molecule has 236 valence electrons. The van der Waals surface area contributed by atoms with Gasteiger partial charge in [-0.25, -0.2) is 9.50 Å². The molecular weight excluding hydrogens is 582 g/mol. The van der Waals surface area contributed by atoms with Crippen LogP contribution in [0, 0.1) is 11.3 Å². The van der Waals surface area contributed by atoms with Crippen LogP contribution in [-0.2, 0) is 11.2 Å². The van der Waals surface area contributed by atoms with Crippen LogP contribution in [0.1, 0.15) is 36.8 Å². The lowest BCUT2D eigenvalue weighted by Gasteiger charge is -2.57. The molecule has 1 aromatic carbocycles. The van der Waals surface area contributed by atoms with E-state index in [-0.39, 0.29) is 30.1 Å². The number of hydrogen-bond acceptors (Lipinski definition) is 9. The molecule has 4 bridgehead atoms. The van der Waals surface area contributed by atoms with E-state index < -0.39 is 6.10 Å². The van der Waals surface area contributed by atoms with E-state index in [4.69, 9.17) is 9.72 Å². The number of carbonyl (C=O) groups is 1. The fourth-order valence-corrected chi connectivity index (χ4v) is 8.15. The number of hydrogen-bond donors (Lipinski definition) is 2. The molecule has 0 saturated carbocycles. The van der Waals surface area contributed by atoms with Gasteiger partial charge in [-0.2, -0.15) is 10.4 Å². The number of piperidine rings is 1. The monoisotopic (exact) mass is 619 g/mol. The van der Waals surface area contributed by atoms with E-state index in [1.54, 1.807) is 16.9 Å². The van der Waals surface area contributed by atoms with Gasteiger partial charge in [0.15, 0.2) is 0 Å². The predicted octanol–water partition coefficient (Wildman–Crippen LogP) is 2.64. The van der Waals surface area contributed by atoms with Gasteiger partial charge >= 0.3 is 0 Å². The summed E-state index contributed by atoms with van der Waals surface area (Å²) in [6, 6.07) is 18.6. The van der Waals surface area contributed by atoms with Crippen LogP contribution in [0.25, 0.3) is 16.6 Å². The molecule has 5 aliphatic heterocycles. The normalized spacial score (nSPS) is 25.8. The Bertz CT molecular complexity index is 1780. The van der Waals surface area contributed by atoms with Crippen molar-refractivity contribution in [1.29, 1.82) is 5.26 Å². The SMILES string of the molecule is N#Cc1cnn2cc(OCCN3C4CCC3C(O)C4)cc(-c3ccc(N4CC5CC(C4)N5C(=O)[C@@H](O)Cc4ccccc4)nc3)c12. The maximum absolute atomic E-state index is 13.1. The third-order valence-electron chi connectivity index (χ3n) is 10.4. The average molecular weight is 620 g/mol. The maximum Gasteiger partial charge on any atom is 0.252 e. The Morgan fingerprint density at radius 2 is 1.89 bits per heavy atom. The van der Waals surface area contributed by atoms with E-state index in [2.05, 4.69) is 21.0 Å². The first kappa shape index (κ1) is 28.9. The summed E-state index contributed by atoms with van der Waals surface area (Å²) < 4.78 is 7.90.